The molecule has 0 aliphatic rings. The van der Waals surface area contributed by atoms with E-state index >= 15 is 0 Å². The van der Waals surface area contributed by atoms with Crippen molar-refractivity contribution in [2.45, 2.75) is 33.6 Å². The first kappa shape index (κ1) is 9.47. The summed E-state index contributed by atoms with van der Waals surface area (Å²) in [6.45, 7) is 6.17. The molecule has 0 saturated heterocycles. The van der Waals surface area contributed by atoms with Gasteiger partial charge in [0.15, 0.2) is 0 Å². The lowest BCUT2D eigenvalue weighted by Gasteiger charge is -2.14. The molecule has 0 fully saturated rings. The Morgan fingerprint density at radius 3 is 2.20 bits per heavy atom. The van der Waals surface area contributed by atoms with E-state index in [9.17, 15) is 4.79 Å². The van der Waals surface area contributed by atoms with E-state index in [1.807, 2.05) is 6.92 Å². The van der Waals surface area contributed by atoms with Crippen LogP contribution in [0.4, 0.5) is 0 Å². The predicted molar refractivity (Wildman–Crippen MR) is 40.9 cm³/mol. The maximum Gasteiger partial charge on any atom is 0.303 e. The highest BCUT2D eigenvalue weighted by atomic mass is 16.4. The van der Waals surface area contributed by atoms with Gasteiger partial charge in [-0.3, -0.25) is 4.79 Å². The van der Waals surface area contributed by atoms with Crippen molar-refractivity contribution in [3.63, 3.8) is 0 Å². The molecular weight excluding hydrogens is 128 g/mol. The fourth-order valence-electron chi connectivity index (χ4n) is 0.879. The Hall–Kier alpha value is -0.530. The van der Waals surface area contributed by atoms with Gasteiger partial charge in [-0.05, 0) is 11.8 Å². The molecule has 2 heteroatoms. The van der Waals surface area contributed by atoms with Crippen LogP contribution in [0, 0.1) is 11.8 Å². The van der Waals surface area contributed by atoms with Crippen LogP contribution >= 0.6 is 0 Å². The molecular formula is C8H16O2. The van der Waals surface area contributed by atoms with E-state index in [1.54, 1.807) is 0 Å². The van der Waals surface area contributed by atoms with Gasteiger partial charge in [-0.25, -0.2) is 0 Å². The first-order chi connectivity index (χ1) is 4.57. The Labute approximate surface area is 62.2 Å². The Morgan fingerprint density at radius 1 is 1.40 bits per heavy atom. The van der Waals surface area contributed by atoms with Crippen molar-refractivity contribution >= 4 is 5.97 Å². The summed E-state index contributed by atoms with van der Waals surface area (Å²) in [5, 5.41) is 8.43. The van der Waals surface area contributed by atoms with E-state index in [0.717, 1.165) is 6.42 Å². The van der Waals surface area contributed by atoms with Crippen molar-refractivity contribution in [3.8, 4) is 0 Å². The van der Waals surface area contributed by atoms with E-state index in [4.69, 9.17) is 5.11 Å². The summed E-state index contributed by atoms with van der Waals surface area (Å²) in [7, 11) is 0. The van der Waals surface area contributed by atoms with Crippen LogP contribution in [0.2, 0.25) is 0 Å². The molecule has 10 heavy (non-hydrogen) atoms. The van der Waals surface area contributed by atoms with Gasteiger partial charge in [0, 0.05) is 6.42 Å². The van der Waals surface area contributed by atoms with Crippen molar-refractivity contribution in [2.75, 3.05) is 0 Å². The molecule has 0 radical (unpaired) electrons. The second-order valence-corrected chi connectivity index (χ2v) is 2.96. The quantitative estimate of drug-likeness (QED) is 0.656. The van der Waals surface area contributed by atoms with Crippen LogP contribution in [0.3, 0.4) is 0 Å². The molecule has 0 amide bonds. The SMILES string of the molecule is CC[C@@H](C)[C@H](C)CC(=O)O. The van der Waals surface area contributed by atoms with Gasteiger partial charge in [-0.2, -0.15) is 0 Å². The lowest BCUT2D eigenvalue weighted by Crippen LogP contribution is -2.11. The number of carboxylic acid groups (broad SMARTS) is 1. The van der Waals surface area contributed by atoms with Gasteiger partial charge in [0.1, 0.15) is 0 Å². The molecule has 0 spiro atoms. The zero-order valence-electron chi connectivity index (χ0n) is 6.92. The molecule has 2 nitrogen and oxygen atoms in total. The smallest absolute Gasteiger partial charge is 0.303 e. The Balaban J connectivity index is 3.61. The number of carboxylic acids is 1. The summed E-state index contributed by atoms with van der Waals surface area (Å²) in [6.07, 6.45) is 1.36. The van der Waals surface area contributed by atoms with Crippen molar-refractivity contribution in [3.05, 3.63) is 0 Å². The molecule has 0 rings (SSSR count). The molecule has 0 aliphatic heterocycles. The molecule has 0 aromatic heterocycles. The van der Waals surface area contributed by atoms with Crippen molar-refractivity contribution in [1.82, 2.24) is 0 Å². The molecule has 60 valence electrons. The van der Waals surface area contributed by atoms with Crippen LogP contribution in [-0.2, 0) is 4.79 Å². The molecule has 0 aromatic carbocycles. The fraction of sp³-hybridized carbons (Fsp3) is 0.875. The van der Waals surface area contributed by atoms with Gasteiger partial charge in [-0.15, -0.1) is 0 Å². The van der Waals surface area contributed by atoms with E-state index in [1.165, 1.54) is 0 Å². The molecule has 0 aliphatic carbocycles. The van der Waals surface area contributed by atoms with Crippen LogP contribution in [-0.4, -0.2) is 11.1 Å². The second-order valence-electron chi connectivity index (χ2n) is 2.96. The van der Waals surface area contributed by atoms with E-state index in [0.29, 0.717) is 18.3 Å². The second kappa shape index (κ2) is 4.31. The van der Waals surface area contributed by atoms with Crippen molar-refractivity contribution in [1.29, 1.82) is 0 Å². The molecule has 0 heterocycles. The third kappa shape index (κ3) is 3.49. The molecule has 1 N–H and O–H groups in total. The average Bonchev–Trinajstić information content (AvgIpc) is 1.85. The summed E-state index contributed by atoms with van der Waals surface area (Å²) >= 11 is 0. The molecule has 2 atom stereocenters. The number of carbonyl (C=O) groups is 1. The van der Waals surface area contributed by atoms with Crippen LogP contribution < -0.4 is 0 Å². The Kier molecular flexibility index (Phi) is 4.08. The minimum absolute atomic E-state index is 0.301. The summed E-state index contributed by atoms with van der Waals surface area (Å²) in [4.78, 5) is 10.2. The average molecular weight is 144 g/mol. The molecule has 0 aromatic rings. The summed E-state index contributed by atoms with van der Waals surface area (Å²) in [5.74, 6) is 0.145. The monoisotopic (exact) mass is 144 g/mol. The van der Waals surface area contributed by atoms with Gasteiger partial charge in [-0.1, -0.05) is 27.2 Å². The lowest BCUT2D eigenvalue weighted by molar-refractivity contribution is -0.138. The first-order valence-corrected chi connectivity index (χ1v) is 3.79. The minimum Gasteiger partial charge on any atom is -0.481 e. The number of hydrogen-bond acceptors (Lipinski definition) is 1. The van der Waals surface area contributed by atoms with E-state index in [-0.39, 0.29) is 0 Å². The largest absolute Gasteiger partial charge is 0.481 e. The van der Waals surface area contributed by atoms with Crippen molar-refractivity contribution in [2.24, 2.45) is 11.8 Å². The zero-order valence-corrected chi connectivity index (χ0v) is 6.92. The zero-order chi connectivity index (χ0) is 8.15. The molecule has 0 saturated carbocycles. The topological polar surface area (TPSA) is 37.3 Å². The van der Waals surface area contributed by atoms with Gasteiger partial charge in [0.2, 0.25) is 0 Å². The van der Waals surface area contributed by atoms with Crippen LogP contribution in [0.1, 0.15) is 33.6 Å². The van der Waals surface area contributed by atoms with Crippen LogP contribution in [0.25, 0.3) is 0 Å². The van der Waals surface area contributed by atoms with Crippen LogP contribution in [0.15, 0.2) is 0 Å². The highest BCUT2D eigenvalue weighted by Gasteiger charge is 2.12. The van der Waals surface area contributed by atoms with Crippen molar-refractivity contribution < 1.29 is 9.90 Å². The maximum absolute atomic E-state index is 10.2. The highest BCUT2D eigenvalue weighted by Crippen LogP contribution is 2.17. The molecule has 0 bridgehead atoms. The van der Waals surface area contributed by atoms with Gasteiger partial charge >= 0.3 is 5.97 Å². The Morgan fingerprint density at radius 2 is 1.90 bits per heavy atom. The Bertz CT molecular complexity index is 110. The van der Waals surface area contributed by atoms with Gasteiger partial charge < -0.3 is 5.11 Å². The standard InChI is InChI=1S/C8H16O2/c1-4-6(2)7(3)5-8(9)10/h6-7H,4-5H2,1-3H3,(H,9,10)/t6-,7-/m1/s1. The van der Waals surface area contributed by atoms with E-state index < -0.39 is 5.97 Å². The summed E-state index contributed by atoms with van der Waals surface area (Å²) in [6, 6.07) is 0. The minimum atomic E-state index is -0.687. The van der Waals surface area contributed by atoms with E-state index in [2.05, 4.69) is 13.8 Å². The van der Waals surface area contributed by atoms with Gasteiger partial charge in [0.05, 0.1) is 0 Å². The third-order valence-corrected chi connectivity index (χ3v) is 2.11. The lowest BCUT2D eigenvalue weighted by atomic mass is 9.91. The highest BCUT2D eigenvalue weighted by molar-refractivity contribution is 5.66. The first-order valence-electron chi connectivity index (χ1n) is 3.79. The normalized spacial score (nSPS) is 16.3. The third-order valence-electron chi connectivity index (χ3n) is 2.11. The predicted octanol–water partition coefficient (Wildman–Crippen LogP) is 2.14. The molecule has 0 unspecified atom stereocenters. The van der Waals surface area contributed by atoms with Crippen LogP contribution in [0.5, 0.6) is 0 Å². The number of rotatable bonds is 4. The number of hydrogen-bond donors (Lipinski definition) is 1. The fourth-order valence-corrected chi connectivity index (χ4v) is 0.879. The summed E-state index contributed by atoms with van der Waals surface area (Å²) in [5.41, 5.74) is 0. The maximum atomic E-state index is 10.2. The number of aliphatic carboxylic acids is 1. The van der Waals surface area contributed by atoms with Gasteiger partial charge in [0.25, 0.3) is 0 Å². The summed E-state index contributed by atoms with van der Waals surface area (Å²) < 4.78 is 0.